The van der Waals surface area contributed by atoms with E-state index in [2.05, 4.69) is 10.3 Å². The number of aliphatic hydroxyl groups excluding tert-OH is 1. The minimum absolute atomic E-state index is 0.0817. The third kappa shape index (κ3) is 2.69. The van der Waals surface area contributed by atoms with E-state index in [1.807, 2.05) is 17.8 Å². The van der Waals surface area contributed by atoms with E-state index < -0.39 is 18.0 Å². The molecule has 4 rings (SSSR count). The van der Waals surface area contributed by atoms with Gasteiger partial charge in [0.25, 0.3) is 0 Å². The van der Waals surface area contributed by atoms with Crippen LogP contribution in [0.1, 0.15) is 32.0 Å². The molecule has 1 aromatic rings. The van der Waals surface area contributed by atoms with E-state index in [-0.39, 0.29) is 34.9 Å². The highest BCUT2D eigenvalue weighted by molar-refractivity contribution is 8.03. The summed E-state index contributed by atoms with van der Waals surface area (Å²) in [6.07, 6.45) is 0.100. The summed E-state index contributed by atoms with van der Waals surface area (Å²) in [4.78, 5) is 30.7. The van der Waals surface area contributed by atoms with Gasteiger partial charge in [-0.3, -0.25) is 4.79 Å². The highest BCUT2D eigenvalue weighted by Gasteiger charge is 2.60. The molecule has 0 bridgehead atoms. The monoisotopic (exact) mass is 395 g/mol. The van der Waals surface area contributed by atoms with Crippen LogP contribution in [0.3, 0.4) is 0 Å². The molecule has 6 atom stereocenters. The standard InChI is InChI=1S/C17H21N3O4S2/c1-7-13-12(8(2)21)16(22)20(13)14(17(23)24)15(7)26-9-3-10(18-4-9)11-5-25-6-19-11/h5-10,12-13,18,21H,3-4H2,1-2H3,(H,23,24)/t7-,8-,9+,10+,12-,13-/m1/s1. The first-order valence-electron chi connectivity index (χ1n) is 8.66. The van der Waals surface area contributed by atoms with Gasteiger partial charge in [-0.15, -0.1) is 23.1 Å². The van der Waals surface area contributed by atoms with Gasteiger partial charge in [0, 0.05) is 28.0 Å². The van der Waals surface area contributed by atoms with E-state index in [1.165, 1.54) is 4.90 Å². The number of rotatable bonds is 5. The number of thioether (sulfide) groups is 1. The highest BCUT2D eigenvalue weighted by atomic mass is 32.2. The summed E-state index contributed by atoms with van der Waals surface area (Å²) in [5, 5.41) is 25.3. The molecular weight excluding hydrogens is 374 g/mol. The molecule has 140 valence electrons. The number of carboxylic acids is 1. The molecular formula is C17H21N3O4S2. The molecule has 2 fully saturated rings. The van der Waals surface area contributed by atoms with Gasteiger partial charge in [-0.1, -0.05) is 6.92 Å². The van der Waals surface area contributed by atoms with Crippen molar-refractivity contribution in [2.75, 3.05) is 6.54 Å². The molecule has 0 unspecified atom stereocenters. The van der Waals surface area contributed by atoms with Gasteiger partial charge in [0.1, 0.15) is 5.70 Å². The lowest BCUT2D eigenvalue weighted by Gasteiger charge is -2.46. The van der Waals surface area contributed by atoms with Crippen molar-refractivity contribution in [3.05, 3.63) is 27.2 Å². The number of amides is 1. The Bertz CT molecular complexity index is 764. The SMILES string of the molecule is C[C@@H](O)[C@H]1C(=O)N2C(C(=O)O)=C(S[C@@H]3CN[C@H](c4cscn4)C3)[C@H](C)[C@H]12. The van der Waals surface area contributed by atoms with Crippen molar-refractivity contribution in [3.8, 4) is 0 Å². The van der Waals surface area contributed by atoms with Gasteiger partial charge < -0.3 is 20.4 Å². The maximum atomic E-state index is 12.4. The fourth-order valence-corrected chi connectivity index (χ4v) is 6.36. The lowest BCUT2D eigenvalue weighted by Crippen LogP contribution is -2.63. The predicted molar refractivity (Wildman–Crippen MR) is 98.5 cm³/mol. The van der Waals surface area contributed by atoms with Crippen LogP contribution in [-0.2, 0) is 9.59 Å². The first-order chi connectivity index (χ1) is 12.4. The summed E-state index contributed by atoms with van der Waals surface area (Å²) in [7, 11) is 0. The molecule has 3 aliphatic heterocycles. The van der Waals surface area contributed by atoms with Crippen molar-refractivity contribution in [1.82, 2.24) is 15.2 Å². The second-order valence-electron chi connectivity index (χ2n) is 7.12. The van der Waals surface area contributed by atoms with Gasteiger partial charge in [0.05, 0.1) is 35.3 Å². The Hall–Kier alpha value is -1.42. The Balaban J connectivity index is 1.54. The van der Waals surface area contributed by atoms with Gasteiger partial charge >= 0.3 is 5.97 Å². The number of β-lactam (4-membered cyclic amide) rings is 1. The van der Waals surface area contributed by atoms with E-state index in [0.29, 0.717) is 0 Å². The molecule has 0 spiro atoms. The molecule has 26 heavy (non-hydrogen) atoms. The summed E-state index contributed by atoms with van der Waals surface area (Å²) in [5.41, 5.74) is 2.94. The molecule has 3 N–H and O–H groups in total. The van der Waals surface area contributed by atoms with Crippen molar-refractivity contribution >= 4 is 35.0 Å². The fraction of sp³-hybridized carbons (Fsp3) is 0.588. The van der Waals surface area contributed by atoms with Crippen LogP contribution >= 0.6 is 23.1 Å². The Morgan fingerprint density at radius 3 is 2.92 bits per heavy atom. The number of aliphatic carboxylic acids is 1. The lowest BCUT2D eigenvalue weighted by molar-refractivity contribution is -0.163. The van der Waals surface area contributed by atoms with Crippen molar-refractivity contribution in [2.45, 2.75) is 43.7 Å². The number of aromatic nitrogens is 1. The smallest absolute Gasteiger partial charge is 0.353 e. The number of fused-ring (bicyclic) bond motifs is 1. The number of hydrogen-bond acceptors (Lipinski definition) is 7. The zero-order valence-electron chi connectivity index (χ0n) is 14.5. The van der Waals surface area contributed by atoms with E-state index >= 15 is 0 Å². The quantitative estimate of drug-likeness (QED) is 0.648. The summed E-state index contributed by atoms with van der Waals surface area (Å²) < 4.78 is 0. The van der Waals surface area contributed by atoms with Crippen LogP contribution in [0.4, 0.5) is 0 Å². The molecule has 3 aliphatic rings. The van der Waals surface area contributed by atoms with Crippen LogP contribution in [0.25, 0.3) is 0 Å². The zero-order chi connectivity index (χ0) is 18.6. The summed E-state index contributed by atoms with van der Waals surface area (Å²) in [6.45, 7) is 4.32. The fourth-order valence-electron chi connectivity index (χ4n) is 4.27. The lowest BCUT2D eigenvalue weighted by atomic mass is 9.79. The first-order valence-corrected chi connectivity index (χ1v) is 10.5. The van der Waals surface area contributed by atoms with E-state index in [1.54, 1.807) is 30.0 Å². The number of carboxylic acid groups (broad SMARTS) is 1. The molecule has 1 amide bonds. The average molecular weight is 396 g/mol. The van der Waals surface area contributed by atoms with Crippen LogP contribution < -0.4 is 5.32 Å². The predicted octanol–water partition coefficient (Wildman–Crippen LogP) is 1.43. The van der Waals surface area contributed by atoms with Crippen molar-refractivity contribution in [2.24, 2.45) is 11.8 Å². The summed E-state index contributed by atoms with van der Waals surface area (Å²) >= 11 is 3.12. The van der Waals surface area contributed by atoms with Gasteiger partial charge in [0.15, 0.2) is 0 Å². The highest BCUT2D eigenvalue weighted by Crippen LogP contribution is 2.52. The Kier molecular flexibility index (Phi) is 4.58. The summed E-state index contributed by atoms with van der Waals surface area (Å²) in [5.74, 6) is -1.94. The molecule has 0 aliphatic carbocycles. The molecule has 2 saturated heterocycles. The Morgan fingerprint density at radius 2 is 2.31 bits per heavy atom. The minimum Gasteiger partial charge on any atom is -0.477 e. The number of aliphatic hydroxyl groups is 1. The van der Waals surface area contributed by atoms with Crippen LogP contribution in [0.15, 0.2) is 21.5 Å². The van der Waals surface area contributed by atoms with Crippen molar-refractivity contribution in [1.29, 1.82) is 0 Å². The maximum absolute atomic E-state index is 12.4. The van der Waals surface area contributed by atoms with Gasteiger partial charge in [0.2, 0.25) is 5.91 Å². The third-order valence-corrected chi connectivity index (χ3v) is 7.62. The van der Waals surface area contributed by atoms with Crippen LogP contribution in [-0.4, -0.2) is 55.9 Å². The van der Waals surface area contributed by atoms with Crippen molar-refractivity contribution < 1.29 is 19.8 Å². The van der Waals surface area contributed by atoms with Gasteiger partial charge in [-0.25, -0.2) is 9.78 Å². The zero-order valence-corrected chi connectivity index (χ0v) is 16.1. The Morgan fingerprint density at radius 1 is 1.54 bits per heavy atom. The van der Waals surface area contributed by atoms with Gasteiger partial charge in [-0.2, -0.15) is 0 Å². The Labute approximate surface area is 159 Å². The number of carbonyl (C=O) groups excluding carboxylic acids is 1. The third-order valence-electron chi connectivity index (χ3n) is 5.50. The second kappa shape index (κ2) is 6.63. The van der Waals surface area contributed by atoms with Crippen LogP contribution in [0.5, 0.6) is 0 Å². The number of hydrogen-bond donors (Lipinski definition) is 3. The number of carbonyl (C=O) groups is 2. The molecule has 0 aromatic carbocycles. The molecule has 0 saturated carbocycles. The molecule has 0 radical (unpaired) electrons. The van der Waals surface area contributed by atoms with E-state index in [9.17, 15) is 19.8 Å². The molecule has 7 nitrogen and oxygen atoms in total. The van der Waals surface area contributed by atoms with E-state index in [0.717, 1.165) is 23.6 Å². The number of nitrogens with one attached hydrogen (secondary N) is 1. The van der Waals surface area contributed by atoms with Crippen LogP contribution in [0, 0.1) is 11.8 Å². The van der Waals surface area contributed by atoms with Crippen molar-refractivity contribution in [3.63, 3.8) is 0 Å². The topological polar surface area (TPSA) is 103 Å². The largest absolute Gasteiger partial charge is 0.477 e. The molecule has 9 heteroatoms. The summed E-state index contributed by atoms with van der Waals surface area (Å²) in [6, 6.07) is -0.0620. The average Bonchev–Trinajstić information content (AvgIpc) is 3.28. The molecule has 1 aromatic heterocycles. The first kappa shape index (κ1) is 18.0. The maximum Gasteiger partial charge on any atom is 0.353 e. The minimum atomic E-state index is -1.07. The number of thiazole rings is 1. The van der Waals surface area contributed by atoms with Gasteiger partial charge in [-0.05, 0) is 13.3 Å². The number of nitrogens with zero attached hydrogens (tertiary/aromatic N) is 2. The normalized spacial score (nSPS) is 34.8. The molecule has 4 heterocycles. The second-order valence-corrected chi connectivity index (χ2v) is 9.18. The van der Waals surface area contributed by atoms with Crippen LogP contribution in [0.2, 0.25) is 0 Å². The van der Waals surface area contributed by atoms with E-state index in [4.69, 9.17) is 0 Å².